The maximum Gasteiger partial charge on any atom is 1.00 e. The SMILES string of the molecule is O=[N+]([O-])c1ccc(C=Cc2ccc([N+](=O)[O-])cc2S(=O)(=O)[O-])c(S(=O)(=O)[O-])c1.[K+].[K+]. The molecule has 0 aliphatic carbocycles. The van der Waals surface area contributed by atoms with Crippen molar-refractivity contribution < 1.29 is 139 Å². The molecule has 0 heterocycles. The number of rotatable bonds is 6. The van der Waals surface area contributed by atoms with Gasteiger partial charge in [0.05, 0.1) is 19.6 Å². The molecule has 0 aromatic heterocycles. The molecule has 0 atom stereocenters. The van der Waals surface area contributed by atoms with E-state index in [4.69, 9.17) is 0 Å². The average Bonchev–Trinajstić information content (AvgIpc) is 2.57. The summed E-state index contributed by atoms with van der Waals surface area (Å²) in [5.74, 6) is 0. The molecule has 0 bridgehead atoms. The Kier molecular flexibility index (Phi) is 11.8. The largest absolute Gasteiger partial charge is 1.00 e. The molecule has 2 rings (SSSR count). The molecular formula is C14H8K2N2O10S2. The number of benzene rings is 2. The molecule has 0 aliphatic heterocycles. The van der Waals surface area contributed by atoms with Crippen LogP contribution < -0.4 is 103 Å². The Labute approximate surface area is 255 Å². The third-order valence-corrected chi connectivity index (χ3v) is 5.18. The minimum absolute atomic E-state index is 0. The fourth-order valence-electron chi connectivity index (χ4n) is 2.16. The summed E-state index contributed by atoms with van der Waals surface area (Å²) in [6.45, 7) is 0. The summed E-state index contributed by atoms with van der Waals surface area (Å²) in [5.41, 5.74) is -1.95. The van der Waals surface area contributed by atoms with Crippen molar-refractivity contribution in [3.8, 4) is 0 Å². The van der Waals surface area contributed by atoms with Crippen molar-refractivity contribution in [2.75, 3.05) is 0 Å². The monoisotopic (exact) mass is 506 g/mol. The number of nitro groups is 2. The summed E-state index contributed by atoms with van der Waals surface area (Å²) in [6.07, 6.45) is 1.87. The molecular weight excluding hydrogens is 498 g/mol. The van der Waals surface area contributed by atoms with Gasteiger partial charge in [0.1, 0.15) is 20.2 Å². The quantitative estimate of drug-likeness (QED) is 0.121. The normalized spacial score (nSPS) is 11.4. The molecule has 0 fully saturated rings. The van der Waals surface area contributed by atoms with Crippen LogP contribution in [0.1, 0.15) is 11.1 Å². The molecule has 0 amide bonds. The Balaban J connectivity index is 0.00000420. The molecule has 12 nitrogen and oxygen atoms in total. The Morgan fingerprint density at radius 1 is 0.667 bits per heavy atom. The van der Waals surface area contributed by atoms with Gasteiger partial charge in [-0.2, -0.15) is 0 Å². The van der Waals surface area contributed by atoms with Gasteiger partial charge < -0.3 is 9.11 Å². The van der Waals surface area contributed by atoms with Gasteiger partial charge in [0.25, 0.3) is 11.4 Å². The maximum absolute atomic E-state index is 11.4. The van der Waals surface area contributed by atoms with Crippen molar-refractivity contribution in [2.45, 2.75) is 9.79 Å². The van der Waals surface area contributed by atoms with Crippen LogP contribution in [-0.4, -0.2) is 35.8 Å². The van der Waals surface area contributed by atoms with Crippen LogP contribution in [0.25, 0.3) is 12.2 Å². The molecule has 0 N–H and O–H groups in total. The molecule has 16 heteroatoms. The summed E-state index contributed by atoms with van der Waals surface area (Å²) < 4.78 is 68.1. The number of nitrogens with zero attached hydrogens (tertiary/aromatic N) is 2. The van der Waals surface area contributed by atoms with Gasteiger partial charge in [-0.1, -0.05) is 12.2 Å². The van der Waals surface area contributed by atoms with Gasteiger partial charge in [-0.15, -0.1) is 0 Å². The van der Waals surface area contributed by atoms with E-state index >= 15 is 0 Å². The van der Waals surface area contributed by atoms with E-state index < -0.39 is 51.2 Å². The van der Waals surface area contributed by atoms with E-state index in [0.717, 1.165) is 36.4 Å². The van der Waals surface area contributed by atoms with Gasteiger partial charge in [-0.25, -0.2) is 16.8 Å². The zero-order valence-corrected chi connectivity index (χ0v) is 23.3. The first kappa shape index (κ1) is 30.1. The van der Waals surface area contributed by atoms with Crippen LogP contribution in [0.4, 0.5) is 11.4 Å². The molecule has 0 aliphatic rings. The van der Waals surface area contributed by atoms with Gasteiger partial charge in [-0.3, -0.25) is 20.2 Å². The Bertz CT molecular complexity index is 1130. The Hall–Kier alpha value is 0.0727. The van der Waals surface area contributed by atoms with Gasteiger partial charge in [-0.05, 0) is 23.3 Å². The number of nitro benzene ring substituents is 2. The first-order valence-electron chi connectivity index (χ1n) is 6.97. The second-order valence-corrected chi connectivity index (χ2v) is 7.90. The predicted octanol–water partition coefficient (Wildman–Crippen LogP) is -4.51. The summed E-state index contributed by atoms with van der Waals surface area (Å²) in [6, 6.07) is 4.77. The number of non-ortho nitro benzene ring substituents is 2. The first-order valence-corrected chi connectivity index (χ1v) is 9.79. The molecule has 0 saturated heterocycles. The molecule has 0 radical (unpaired) electrons. The average molecular weight is 507 g/mol. The summed E-state index contributed by atoms with van der Waals surface area (Å²) in [4.78, 5) is 17.8. The van der Waals surface area contributed by atoms with E-state index in [0.29, 0.717) is 12.1 Å². The first-order chi connectivity index (χ1) is 12.8. The number of hydrogen-bond acceptors (Lipinski definition) is 10. The van der Waals surface area contributed by atoms with Crippen molar-refractivity contribution >= 4 is 43.8 Å². The van der Waals surface area contributed by atoms with Crippen LogP contribution in [-0.2, 0) is 20.2 Å². The van der Waals surface area contributed by atoms with Crippen LogP contribution in [0.15, 0.2) is 46.2 Å². The molecule has 148 valence electrons. The van der Waals surface area contributed by atoms with E-state index in [1.807, 2.05) is 0 Å². The fraction of sp³-hybridized carbons (Fsp3) is 0. The van der Waals surface area contributed by atoms with Gasteiger partial charge >= 0.3 is 103 Å². The second-order valence-electron chi connectivity index (χ2n) is 5.20. The maximum atomic E-state index is 11.4. The topological polar surface area (TPSA) is 201 Å². The van der Waals surface area contributed by atoms with Crippen molar-refractivity contribution in [3.05, 3.63) is 67.8 Å². The van der Waals surface area contributed by atoms with Crippen molar-refractivity contribution in [3.63, 3.8) is 0 Å². The van der Waals surface area contributed by atoms with E-state index in [9.17, 15) is 46.2 Å². The van der Waals surface area contributed by atoms with Gasteiger partial charge in [0.2, 0.25) is 0 Å². The minimum Gasteiger partial charge on any atom is -0.744 e. The molecule has 0 saturated carbocycles. The van der Waals surface area contributed by atoms with Crippen LogP contribution in [0.3, 0.4) is 0 Å². The molecule has 2 aromatic carbocycles. The summed E-state index contributed by atoms with van der Waals surface area (Å²) in [7, 11) is -10.3. The zero-order chi connectivity index (χ0) is 21.3. The van der Waals surface area contributed by atoms with Crippen LogP contribution in [0.2, 0.25) is 0 Å². The molecule has 0 unspecified atom stereocenters. The predicted molar refractivity (Wildman–Crippen MR) is 91.0 cm³/mol. The zero-order valence-electron chi connectivity index (χ0n) is 15.4. The molecule has 30 heavy (non-hydrogen) atoms. The minimum atomic E-state index is -5.13. The third-order valence-electron chi connectivity index (χ3n) is 3.40. The third kappa shape index (κ3) is 7.89. The van der Waals surface area contributed by atoms with Gasteiger partial charge in [0.15, 0.2) is 0 Å². The van der Waals surface area contributed by atoms with Crippen molar-refractivity contribution in [1.82, 2.24) is 0 Å². The summed E-state index contributed by atoms with van der Waals surface area (Å²) >= 11 is 0. The van der Waals surface area contributed by atoms with Crippen molar-refractivity contribution in [2.24, 2.45) is 0 Å². The van der Waals surface area contributed by atoms with E-state index in [1.165, 1.54) is 0 Å². The van der Waals surface area contributed by atoms with Crippen LogP contribution in [0, 0.1) is 20.2 Å². The van der Waals surface area contributed by atoms with E-state index in [-0.39, 0.29) is 114 Å². The fourth-order valence-corrected chi connectivity index (χ4v) is 3.54. The van der Waals surface area contributed by atoms with Crippen molar-refractivity contribution in [1.29, 1.82) is 0 Å². The Morgan fingerprint density at radius 2 is 0.967 bits per heavy atom. The van der Waals surface area contributed by atoms with Crippen LogP contribution >= 0.6 is 0 Å². The molecule has 0 spiro atoms. The standard InChI is InChI=1S/C14H10N2O10S2.2K/c17-15(18)11-5-3-9(13(7-11)27(21,22)23)1-2-10-4-6-12(16(19)20)8-14(10)28(24,25)26;;/h1-8H,(H,21,22,23)(H,24,25,26);;/q;2*+1/p-2. The smallest absolute Gasteiger partial charge is 0.744 e. The number of hydrogen-bond donors (Lipinski definition) is 0. The second kappa shape index (κ2) is 11.8. The van der Waals surface area contributed by atoms with Crippen LogP contribution in [0.5, 0.6) is 0 Å². The Morgan fingerprint density at radius 3 is 1.20 bits per heavy atom. The van der Waals surface area contributed by atoms with E-state index in [2.05, 4.69) is 0 Å². The van der Waals surface area contributed by atoms with E-state index in [1.54, 1.807) is 0 Å². The van der Waals surface area contributed by atoms with Gasteiger partial charge in [0, 0.05) is 24.3 Å². The summed E-state index contributed by atoms with van der Waals surface area (Å²) in [5, 5.41) is 21.5. The molecule has 2 aromatic rings.